The van der Waals surface area contributed by atoms with Crippen LogP contribution in [0.15, 0.2) is 106 Å². The van der Waals surface area contributed by atoms with Crippen molar-refractivity contribution in [3.8, 4) is 16.8 Å². The summed E-state index contributed by atoms with van der Waals surface area (Å²) in [6.07, 6.45) is 3.40. The van der Waals surface area contributed by atoms with Crippen molar-refractivity contribution in [2.75, 3.05) is 5.32 Å². The van der Waals surface area contributed by atoms with E-state index in [1.165, 1.54) is 18.4 Å². The van der Waals surface area contributed by atoms with Crippen molar-refractivity contribution in [2.45, 2.75) is 26.2 Å². The van der Waals surface area contributed by atoms with Crippen molar-refractivity contribution in [3.05, 3.63) is 119 Å². The Labute approximate surface area is 224 Å². The summed E-state index contributed by atoms with van der Waals surface area (Å²) in [4.78, 5) is 27.3. The topological polar surface area (TPSA) is 90.0 Å². The Morgan fingerprint density at radius 3 is 2.54 bits per heavy atom. The summed E-state index contributed by atoms with van der Waals surface area (Å²) in [6, 6.07) is 29.8. The molecule has 2 aromatic heterocycles. The lowest BCUT2D eigenvalue weighted by Crippen LogP contribution is -2.12. The van der Waals surface area contributed by atoms with Gasteiger partial charge in [-0.15, -0.1) is 10.2 Å². The first kappa shape index (κ1) is 24.3. The molecule has 0 radical (unpaired) electrons. The highest BCUT2D eigenvalue weighted by Gasteiger charge is 2.13. The third-order valence-corrected chi connectivity index (χ3v) is 6.70. The van der Waals surface area contributed by atoms with Crippen LogP contribution >= 0.6 is 0 Å². The smallest absolute Gasteiger partial charge is 0.344 e. The largest absolute Gasteiger partial charge is 0.422 e. The molecule has 0 unspecified atom stereocenters. The zero-order chi connectivity index (χ0) is 26.8. The van der Waals surface area contributed by atoms with Crippen LogP contribution in [0.4, 0.5) is 5.69 Å². The summed E-state index contributed by atoms with van der Waals surface area (Å²) in [6.45, 7) is 2.19. The second-order valence-corrected chi connectivity index (χ2v) is 9.48. The molecule has 7 nitrogen and oxygen atoms in total. The van der Waals surface area contributed by atoms with E-state index in [0.717, 1.165) is 23.0 Å². The fraction of sp³-hybridized carbons (Fsp3) is 0.125. The van der Waals surface area contributed by atoms with E-state index in [0.29, 0.717) is 33.5 Å². The Balaban J connectivity index is 1.22. The van der Waals surface area contributed by atoms with E-state index in [-0.39, 0.29) is 5.91 Å². The van der Waals surface area contributed by atoms with Crippen molar-refractivity contribution in [3.63, 3.8) is 0 Å². The number of hydrogen-bond acceptors (Lipinski definition) is 5. The summed E-state index contributed by atoms with van der Waals surface area (Å²) in [5, 5.41) is 12.9. The van der Waals surface area contributed by atoms with E-state index in [1.54, 1.807) is 53.3 Å². The number of aromatic nitrogens is 3. The fourth-order valence-electron chi connectivity index (χ4n) is 4.58. The van der Waals surface area contributed by atoms with Gasteiger partial charge in [0.1, 0.15) is 16.6 Å². The monoisotopic (exact) mass is 514 g/mol. The lowest BCUT2D eigenvalue weighted by Gasteiger charge is -2.07. The van der Waals surface area contributed by atoms with Gasteiger partial charge in [-0.25, -0.2) is 4.79 Å². The molecule has 0 aliphatic rings. The van der Waals surface area contributed by atoms with E-state index in [1.807, 2.05) is 36.4 Å². The second kappa shape index (κ2) is 10.4. The van der Waals surface area contributed by atoms with E-state index in [2.05, 4.69) is 34.6 Å². The van der Waals surface area contributed by atoms with Crippen LogP contribution in [0.25, 0.3) is 38.8 Å². The minimum Gasteiger partial charge on any atom is -0.422 e. The molecular formula is C32H26N4O3. The number of aryl methyl sites for hydroxylation is 1. The lowest BCUT2D eigenvalue weighted by molar-refractivity contribution is 0.102. The van der Waals surface area contributed by atoms with E-state index in [9.17, 15) is 9.59 Å². The molecule has 4 aromatic carbocycles. The number of amides is 1. The average Bonchev–Trinajstić information content (AvgIpc) is 3.39. The van der Waals surface area contributed by atoms with Crippen molar-refractivity contribution in [2.24, 2.45) is 0 Å². The van der Waals surface area contributed by atoms with Crippen LogP contribution in [0.3, 0.4) is 0 Å². The molecule has 0 spiro atoms. The van der Waals surface area contributed by atoms with Gasteiger partial charge in [-0.05, 0) is 78.6 Å². The number of anilines is 1. The highest BCUT2D eigenvalue weighted by molar-refractivity contribution is 6.05. The molecule has 1 amide bonds. The van der Waals surface area contributed by atoms with Gasteiger partial charge in [-0.1, -0.05) is 55.8 Å². The number of nitrogens with one attached hydrogen (secondary N) is 1. The molecular weight excluding hydrogens is 488 g/mol. The number of carbonyl (C=O) groups is 1. The first-order chi connectivity index (χ1) is 19.1. The molecule has 0 saturated heterocycles. The number of fused-ring (bicyclic) bond motifs is 2. The summed E-state index contributed by atoms with van der Waals surface area (Å²) >= 11 is 0. The van der Waals surface area contributed by atoms with Crippen LogP contribution in [0.1, 0.15) is 35.7 Å². The van der Waals surface area contributed by atoms with E-state index < -0.39 is 5.63 Å². The maximum Gasteiger partial charge on any atom is 0.344 e. The average molecular weight is 515 g/mol. The lowest BCUT2D eigenvalue weighted by atomic mass is 10.0. The van der Waals surface area contributed by atoms with Gasteiger partial charge in [0.05, 0.1) is 11.3 Å². The van der Waals surface area contributed by atoms with Gasteiger partial charge >= 0.3 is 5.63 Å². The normalized spacial score (nSPS) is 11.2. The van der Waals surface area contributed by atoms with E-state index in [4.69, 9.17) is 4.42 Å². The van der Waals surface area contributed by atoms with Gasteiger partial charge in [0, 0.05) is 16.6 Å². The maximum atomic E-state index is 13.1. The Morgan fingerprint density at radius 1 is 0.872 bits per heavy atom. The molecule has 0 aliphatic carbocycles. The number of benzene rings is 4. The number of unbranched alkanes of at least 4 members (excludes halogenated alkanes) is 1. The van der Waals surface area contributed by atoms with Crippen molar-refractivity contribution < 1.29 is 9.21 Å². The molecule has 7 heteroatoms. The van der Waals surface area contributed by atoms with Crippen LogP contribution in [0, 0.1) is 0 Å². The number of hydrogen-bond donors (Lipinski definition) is 1. The molecule has 2 heterocycles. The minimum absolute atomic E-state index is 0.295. The third-order valence-electron chi connectivity index (χ3n) is 6.70. The predicted octanol–water partition coefficient (Wildman–Crippen LogP) is 6.79. The maximum absolute atomic E-state index is 13.1. The summed E-state index contributed by atoms with van der Waals surface area (Å²) in [5.74, 6) is -0.295. The van der Waals surface area contributed by atoms with Crippen molar-refractivity contribution >= 4 is 33.6 Å². The molecule has 0 fully saturated rings. The summed E-state index contributed by atoms with van der Waals surface area (Å²) in [7, 11) is 0. The van der Waals surface area contributed by atoms with Crippen LogP contribution in [0.5, 0.6) is 0 Å². The van der Waals surface area contributed by atoms with Gasteiger partial charge in [0.15, 0.2) is 0 Å². The van der Waals surface area contributed by atoms with Gasteiger partial charge in [0.2, 0.25) is 0 Å². The number of carbonyl (C=O) groups excluding carboxylic acids is 1. The molecule has 0 atom stereocenters. The zero-order valence-corrected chi connectivity index (χ0v) is 21.4. The standard InChI is InChI=1S/C32H26N4O3/c1-2-3-7-21-12-15-26(16-13-21)36-34-28-17-14-25(20-29(28)35-36)33-31(37)24-10-6-9-22(18-24)27-19-23-8-4-5-11-30(23)39-32(27)38/h4-6,8-20H,2-3,7H2,1H3,(H,33,37). The molecule has 39 heavy (non-hydrogen) atoms. The Kier molecular flexibility index (Phi) is 6.47. The Morgan fingerprint density at radius 2 is 1.69 bits per heavy atom. The SMILES string of the molecule is CCCCc1ccc(-n2nc3ccc(NC(=O)c4cccc(-c5cc6ccccc6oc5=O)c4)cc3n2)cc1. The number of nitrogens with zero attached hydrogens (tertiary/aromatic N) is 3. The van der Waals surface area contributed by atoms with E-state index >= 15 is 0 Å². The Hall–Kier alpha value is -5.04. The van der Waals surface area contributed by atoms with Crippen LogP contribution in [0.2, 0.25) is 0 Å². The first-order valence-corrected chi connectivity index (χ1v) is 13.0. The zero-order valence-electron chi connectivity index (χ0n) is 21.4. The highest BCUT2D eigenvalue weighted by atomic mass is 16.4. The molecule has 6 aromatic rings. The number of rotatable bonds is 7. The van der Waals surface area contributed by atoms with Gasteiger partial charge < -0.3 is 9.73 Å². The molecule has 192 valence electrons. The third kappa shape index (κ3) is 5.07. The quantitative estimate of drug-likeness (QED) is 0.237. The highest BCUT2D eigenvalue weighted by Crippen LogP contribution is 2.23. The van der Waals surface area contributed by atoms with Gasteiger partial charge in [0.25, 0.3) is 5.91 Å². The Bertz CT molecular complexity index is 1870. The van der Waals surface area contributed by atoms with Crippen LogP contribution in [-0.2, 0) is 6.42 Å². The first-order valence-electron chi connectivity index (χ1n) is 13.0. The predicted molar refractivity (Wildman–Crippen MR) is 153 cm³/mol. The van der Waals surface area contributed by atoms with Crippen molar-refractivity contribution in [1.29, 1.82) is 0 Å². The molecule has 0 aliphatic heterocycles. The van der Waals surface area contributed by atoms with Crippen LogP contribution < -0.4 is 10.9 Å². The van der Waals surface area contributed by atoms with Crippen molar-refractivity contribution in [1.82, 2.24) is 15.0 Å². The second-order valence-electron chi connectivity index (χ2n) is 9.48. The summed E-state index contributed by atoms with van der Waals surface area (Å²) < 4.78 is 5.47. The molecule has 1 N–H and O–H groups in total. The molecule has 6 rings (SSSR count). The van der Waals surface area contributed by atoms with Gasteiger partial charge in [-0.2, -0.15) is 4.80 Å². The fourth-order valence-corrected chi connectivity index (χ4v) is 4.58. The summed E-state index contributed by atoms with van der Waals surface area (Å²) in [5.41, 5.74) is 5.70. The van der Waals surface area contributed by atoms with Crippen LogP contribution in [-0.4, -0.2) is 20.9 Å². The molecule has 0 saturated carbocycles. The minimum atomic E-state index is -0.449. The molecule has 0 bridgehead atoms. The van der Waals surface area contributed by atoms with Gasteiger partial charge in [-0.3, -0.25) is 4.79 Å². The number of para-hydroxylation sites is 1.